The SMILES string of the molecule is CC1CC(C)(C)c2c1nc1sccn21. The van der Waals surface area contributed by atoms with Crippen molar-refractivity contribution in [2.45, 2.75) is 38.5 Å². The predicted octanol–water partition coefficient (Wildman–Crippen LogP) is 3.18. The number of imidazole rings is 1. The molecule has 3 heteroatoms. The van der Waals surface area contributed by atoms with Crippen molar-refractivity contribution < 1.29 is 0 Å². The summed E-state index contributed by atoms with van der Waals surface area (Å²) in [5.41, 5.74) is 3.04. The van der Waals surface area contributed by atoms with Gasteiger partial charge >= 0.3 is 0 Å². The number of aromatic nitrogens is 2. The van der Waals surface area contributed by atoms with Crippen LogP contribution in [0.4, 0.5) is 0 Å². The van der Waals surface area contributed by atoms with Crippen LogP contribution in [-0.2, 0) is 5.41 Å². The van der Waals surface area contributed by atoms with E-state index in [-0.39, 0.29) is 5.41 Å². The molecule has 0 aromatic carbocycles. The molecule has 2 heterocycles. The summed E-state index contributed by atoms with van der Waals surface area (Å²) in [5, 5.41) is 2.11. The van der Waals surface area contributed by atoms with E-state index in [0.717, 1.165) is 4.96 Å². The maximum atomic E-state index is 4.71. The fourth-order valence-corrected chi connectivity index (χ4v) is 3.50. The first kappa shape index (κ1) is 8.48. The van der Waals surface area contributed by atoms with Crippen LogP contribution in [0, 0.1) is 0 Å². The first-order valence-corrected chi connectivity index (χ1v) is 5.93. The Balaban J connectivity index is 2.39. The van der Waals surface area contributed by atoms with Gasteiger partial charge in [0.15, 0.2) is 4.96 Å². The minimum Gasteiger partial charge on any atom is -0.294 e. The van der Waals surface area contributed by atoms with E-state index in [1.807, 2.05) is 0 Å². The molecule has 0 fully saturated rings. The maximum absolute atomic E-state index is 4.71. The van der Waals surface area contributed by atoms with Crippen LogP contribution in [0.15, 0.2) is 11.6 Å². The van der Waals surface area contributed by atoms with Gasteiger partial charge in [0.05, 0.1) is 11.4 Å². The summed E-state index contributed by atoms with van der Waals surface area (Å²) in [7, 11) is 0. The molecule has 0 saturated carbocycles. The lowest BCUT2D eigenvalue weighted by molar-refractivity contribution is 0.474. The highest BCUT2D eigenvalue weighted by atomic mass is 32.1. The Hall–Kier alpha value is -0.830. The average molecular weight is 206 g/mol. The van der Waals surface area contributed by atoms with Crippen molar-refractivity contribution in [3.8, 4) is 0 Å². The first-order chi connectivity index (χ1) is 6.59. The second kappa shape index (κ2) is 2.40. The Morgan fingerprint density at radius 2 is 2.36 bits per heavy atom. The zero-order valence-corrected chi connectivity index (χ0v) is 9.56. The number of hydrogen-bond acceptors (Lipinski definition) is 2. The topological polar surface area (TPSA) is 17.3 Å². The Morgan fingerprint density at radius 1 is 1.57 bits per heavy atom. The molecular weight excluding hydrogens is 192 g/mol. The van der Waals surface area contributed by atoms with E-state index < -0.39 is 0 Å². The van der Waals surface area contributed by atoms with Gasteiger partial charge in [-0.1, -0.05) is 20.8 Å². The molecule has 0 radical (unpaired) electrons. The molecule has 0 N–H and O–H groups in total. The van der Waals surface area contributed by atoms with Crippen LogP contribution in [0.5, 0.6) is 0 Å². The zero-order valence-electron chi connectivity index (χ0n) is 8.74. The molecule has 2 nitrogen and oxygen atoms in total. The van der Waals surface area contributed by atoms with E-state index in [2.05, 4.69) is 36.7 Å². The quantitative estimate of drug-likeness (QED) is 0.647. The van der Waals surface area contributed by atoms with Crippen molar-refractivity contribution in [1.82, 2.24) is 9.38 Å². The van der Waals surface area contributed by atoms with Crippen molar-refractivity contribution in [3.63, 3.8) is 0 Å². The van der Waals surface area contributed by atoms with E-state index in [1.165, 1.54) is 17.8 Å². The third-order valence-corrected chi connectivity index (χ3v) is 3.97. The number of fused-ring (bicyclic) bond motifs is 3. The molecule has 74 valence electrons. The Labute approximate surface area is 87.6 Å². The summed E-state index contributed by atoms with van der Waals surface area (Å²) in [5.74, 6) is 0.618. The van der Waals surface area contributed by atoms with Gasteiger partial charge in [-0.15, -0.1) is 11.3 Å². The number of thiazole rings is 1. The van der Waals surface area contributed by atoms with Crippen molar-refractivity contribution in [2.24, 2.45) is 0 Å². The summed E-state index contributed by atoms with van der Waals surface area (Å²) in [4.78, 5) is 5.86. The highest BCUT2D eigenvalue weighted by molar-refractivity contribution is 7.15. The largest absolute Gasteiger partial charge is 0.294 e. The van der Waals surface area contributed by atoms with E-state index in [9.17, 15) is 0 Å². The molecule has 0 spiro atoms. The van der Waals surface area contributed by atoms with Crippen LogP contribution in [0.1, 0.15) is 44.5 Å². The van der Waals surface area contributed by atoms with Gasteiger partial charge in [0.25, 0.3) is 0 Å². The molecule has 1 aliphatic rings. The summed E-state index contributed by atoms with van der Waals surface area (Å²) < 4.78 is 2.27. The van der Waals surface area contributed by atoms with Gasteiger partial charge in [-0.2, -0.15) is 0 Å². The minimum atomic E-state index is 0.287. The van der Waals surface area contributed by atoms with Gasteiger partial charge in [-0.25, -0.2) is 4.98 Å². The van der Waals surface area contributed by atoms with Gasteiger partial charge in [0, 0.05) is 22.9 Å². The molecule has 3 rings (SSSR count). The van der Waals surface area contributed by atoms with Crippen LogP contribution in [0.3, 0.4) is 0 Å². The maximum Gasteiger partial charge on any atom is 0.194 e. The van der Waals surface area contributed by atoms with Crippen LogP contribution in [0.25, 0.3) is 4.96 Å². The summed E-state index contributed by atoms with van der Waals surface area (Å²) in [6.07, 6.45) is 3.37. The Kier molecular flexibility index (Phi) is 1.45. The molecule has 0 aliphatic heterocycles. The predicted molar refractivity (Wildman–Crippen MR) is 59.1 cm³/mol. The first-order valence-electron chi connectivity index (χ1n) is 5.05. The van der Waals surface area contributed by atoms with Crippen molar-refractivity contribution >= 4 is 16.3 Å². The third kappa shape index (κ3) is 0.883. The van der Waals surface area contributed by atoms with Gasteiger partial charge in [0.2, 0.25) is 0 Å². The van der Waals surface area contributed by atoms with E-state index in [0.29, 0.717) is 5.92 Å². The lowest BCUT2D eigenvalue weighted by Crippen LogP contribution is -2.14. The van der Waals surface area contributed by atoms with Gasteiger partial charge < -0.3 is 0 Å². The molecule has 1 aliphatic carbocycles. The van der Waals surface area contributed by atoms with Crippen LogP contribution in [-0.4, -0.2) is 9.38 Å². The zero-order chi connectivity index (χ0) is 9.92. The Bertz CT molecular complexity index is 492. The van der Waals surface area contributed by atoms with E-state index >= 15 is 0 Å². The highest BCUT2D eigenvalue weighted by Crippen LogP contribution is 2.45. The van der Waals surface area contributed by atoms with Crippen molar-refractivity contribution in [2.75, 3.05) is 0 Å². The average Bonchev–Trinajstić information content (AvgIpc) is 2.61. The molecule has 14 heavy (non-hydrogen) atoms. The molecule has 0 saturated heterocycles. The summed E-state index contributed by atoms with van der Waals surface area (Å²) >= 11 is 1.73. The number of rotatable bonds is 0. The molecular formula is C11H14N2S. The normalized spacial score (nSPS) is 24.4. The minimum absolute atomic E-state index is 0.287. The lowest BCUT2D eigenvalue weighted by atomic mass is 9.89. The van der Waals surface area contributed by atoms with E-state index in [1.54, 1.807) is 11.3 Å². The number of nitrogens with zero attached hydrogens (tertiary/aromatic N) is 2. The summed E-state index contributed by atoms with van der Waals surface area (Å²) in [6, 6.07) is 0. The van der Waals surface area contributed by atoms with Crippen molar-refractivity contribution in [1.29, 1.82) is 0 Å². The molecule has 0 bridgehead atoms. The summed E-state index contributed by atoms with van der Waals surface area (Å²) in [6.45, 7) is 6.92. The number of hydrogen-bond donors (Lipinski definition) is 0. The van der Waals surface area contributed by atoms with Crippen LogP contribution >= 0.6 is 11.3 Å². The van der Waals surface area contributed by atoms with Gasteiger partial charge in [-0.3, -0.25) is 4.40 Å². The fraction of sp³-hybridized carbons (Fsp3) is 0.545. The lowest BCUT2D eigenvalue weighted by Gasteiger charge is -2.18. The second-order valence-corrected chi connectivity index (χ2v) is 5.76. The molecule has 2 aromatic rings. The third-order valence-electron chi connectivity index (χ3n) is 3.21. The van der Waals surface area contributed by atoms with Crippen LogP contribution < -0.4 is 0 Å². The Morgan fingerprint density at radius 3 is 3.14 bits per heavy atom. The van der Waals surface area contributed by atoms with Crippen molar-refractivity contribution in [3.05, 3.63) is 23.0 Å². The molecule has 2 aromatic heterocycles. The molecule has 1 atom stereocenters. The fourth-order valence-electron chi connectivity index (χ4n) is 2.78. The van der Waals surface area contributed by atoms with Crippen LogP contribution in [0.2, 0.25) is 0 Å². The highest BCUT2D eigenvalue weighted by Gasteiger charge is 2.39. The molecule has 0 amide bonds. The van der Waals surface area contributed by atoms with Gasteiger partial charge in [-0.05, 0) is 6.42 Å². The monoisotopic (exact) mass is 206 g/mol. The second-order valence-electron chi connectivity index (χ2n) is 4.89. The molecule has 1 unspecified atom stereocenters. The smallest absolute Gasteiger partial charge is 0.194 e. The van der Waals surface area contributed by atoms with Gasteiger partial charge in [0.1, 0.15) is 0 Å². The standard InChI is InChI=1S/C11H14N2S/c1-7-6-11(2,3)9-8(7)12-10-13(9)4-5-14-10/h4-5,7H,6H2,1-3H3. The van der Waals surface area contributed by atoms with E-state index in [4.69, 9.17) is 4.98 Å².